The Morgan fingerprint density at radius 3 is 2.56 bits per heavy atom. The maximum Gasteiger partial charge on any atom is 0.253 e. The Labute approximate surface area is 159 Å². The van der Waals surface area contributed by atoms with Crippen LogP contribution in [-0.4, -0.2) is 39.4 Å². The maximum absolute atomic E-state index is 12.7. The Kier molecular flexibility index (Phi) is 6.54. The van der Waals surface area contributed by atoms with Crippen LogP contribution in [0.3, 0.4) is 0 Å². The number of carbonyl (C=O) groups excluding carboxylic acids is 1. The molecule has 144 valence electrons. The zero-order valence-electron chi connectivity index (χ0n) is 15.8. The van der Waals surface area contributed by atoms with Gasteiger partial charge in [-0.2, -0.15) is 0 Å². The number of methoxy groups -OCH3 is 2. The van der Waals surface area contributed by atoms with Crippen LogP contribution in [-0.2, 0) is 11.3 Å². The van der Waals surface area contributed by atoms with Gasteiger partial charge in [-0.05, 0) is 42.7 Å². The highest BCUT2D eigenvalue weighted by Gasteiger charge is 2.17. The first kappa shape index (κ1) is 19.0. The van der Waals surface area contributed by atoms with Crippen LogP contribution in [0.15, 0.2) is 42.5 Å². The van der Waals surface area contributed by atoms with E-state index < -0.39 is 0 Å². The molecule has 1 saturated heterocycles. The number of hydrogen-bond donors (Lipinski definition) is 2. The highest BCUT2D eigenvalue weighted by atomic mass is 16.5. The zero-order chi connectivity index (χ0) is 19.1. The Morgan fingerprint density at radius 1 is 1.07 bits per heavy atom. The second-order valence-electron chi connectivity index (χ2n) is 6.45. The maximum atomic E-state index is 12.7. The molecule has 0 unspecified atom stereocenters. The van der Waals surface area contributed by atoms with Crippen molar-refractivity contribution in [2.75, 3.05) is 32.8 Å². The van der Waals surface area contributed by atoms with Crippen LogP contribution in [0.2, 0.25) is 0 Å². The fourth-order valence-electron chi connectivity index (χ4n) is 3.14. The van der Waals surface area contributed by atoms with Gasteiger partial charge in [0, 0.05) is 31.5 Å². The van der Waals surface area contributed by atoms with Gasteiger partial charge in [0.15, 0.2) is 11.5 Å². The van der Waals surface area contributed by atoms with Gasteiger partial charge in [0.2, 0.25) is 0 Å². The number of carbonyl (C=O) groups is 1. The Morgan fingerprint density at radius 2 is 1.81 bits per heavy atom. The monoisotopic (exact) mass is 370 g/mol. The van der Waals surface area contributed by atoms with E-state index in [4.69, 9.17) is 14.2 Å². The van der Waals surface area contributed by atoms with Gasteiger partial charge in [0.05, 0.1) is 19.8 Å². The SMILES string of the molecule is COc1ccc(CNC(=O)c2ccccc2NC2CCOCC2)cc1OC. The van der Waals surface area contributed by atoms with Gasteiger partial charge < -0.3 is 24.8 Å². The zero-order valence-corrected chi connectivity index (χ0v) is 15.8. The third kappa shape index (κ3) is 4.92. The minimum absolute atomic E-state index is 0.111. The Bertz CT molecular complexity index is 773. The summed E-state index contributed by atoms with van der Waals surface area (Å²) in [5.41, 5.74) is 2.44. The van der Waals surface area contributed by atoms with Crippen molar-refractivity contribution in [1.82, 2.24) is 5.32 Å². The molecule has 2 aromatic carbocycles. The number of benzene rings is 2. The molecule has 27 heavy (non-hydrogen) atoms. The summed E-state index contributed by atoms with van der Waals surface area (Å²) >= 11 is 0. The fourth-order valence-corrected chi connectivity index (χ4v) is 3.14. The molecule has 0 spiro atoms. The van der Waals surface area contributed by atoms with E-state index in [1.807, 2.05) is 42.5 Å². The molecule has 6 nitrogen and oxygen atoms in total. The molecular formula is C21H26N2O4. The average molecular weight is 370 g/mol. The largest absolute Gasteiger partial charge is 0.493 e. The van der Waals surface area contributed by atoms with Crippen molar-refractivity contribution in [2.45, 2.75) is 25.4 Å². The first-order chi connectivity index (χ1) is 13.2. The minimum Gasteiger partial charge on any atom is -0.493 e. The second-order valence-corrected chi connectivity index (χ2v) is 6.45. The first-order valence-corrected chi connectivity index (χ1v) is 9.13. The molecule has 0 aliphatic carbocycles. The van der Waals surface area contributed by atoms with E-state index in [0.29, 0.717) is 29.6 Å². The quantitative estimate of drug-likeness (QED) is 0.783. The molecule has 1 fully saturated rings. The predicted octanol–water partition coefficient (Wildman–Crippen LogP) is 3.22. The standard InChI is InChI=1S/C21H26N2O4/c1-25-19-8-7-15(13-20(19)26-2)14-22-21(24)17-5-3-4-6-18(17)23-16-9-11-27-12-10-16/h3-8,13,16,23H,9-12,14H2,1-2H3,(H,22,24). The van der Waals surface area contributed by atoms with E-state index in [1.165, 1.54) is 0 Å². The summed E-state index contributed by atoms with van der Waals surface area (Å²) in [5.74, 6) is 1.20. The van der Waals surface area contributed by atoms with E-state index in [-0.39, 0.29) is 5.91 Å². The van der Waals surface area contributed by atoms with Crippen molar-refractivity contribution < 1.29 is 19.0 Å². The summed E-state index contributed by atoms with van der Waals surface area (Å²) in [6.07, 6.45) is 1.89. The van der Waals surface area contributed by atoms with Gasteiger partial charge in [-0.15, -0.1) is 0 Å². The van der Waals surface area contributed by atoms with Crippen LogP contribution < -0.4 is 20.1 Å². The molecule has 0 aromatic heterocycles. The lowest BCUT2D eigenvalue weighted by molar-refractivity contribution is 0.0903. The third-order valence-corrected chi connectivity index (χ3v) is 4.65. The van der Waals surface area contributed by atoms with E-state index in [1.54, 1.807) is 14.2 Å². The Balaban J connectivity index is 1.66. The van der Waals surface area contributed by atoms with Crippen molar-refractivity contribution in [3.8, 4) is 11.5 Å². The number of rotatable bonds is 7. The van der Waals surface area contributed by atoms with E-state index in [9.17, 15) is 4.79 Å². The molecule has 1 aliphatic heterocycles. The summed E-state index contributed by atoms with van der Waals surface area (Å²) in [7, 11) is 3.19. The molecule has 0 bridgehead atoms. The molecule has 1 amide bonds. The minimum atomic E-state index is -0.111. The molecule has 3 rings (SSSR count). The van der Waals surface area contributed by atoms with Gasteiger partial charge in [-0.3, -0.25) is 4.79 Å². The van der Waals surface area contributed by atoms with Crippen molar-refractivity contribution in [3.05, 3.63) is 53.6 Å². The normalized spacial score (nSPS) is 14.4. The van der Waals surface area contributed by atoms with Gasteiger partial charge in [0.1, 0.15) is 0 Å². The van der Waals surface area contributed by atoms with Crippen LogP contribution in [0.1, 0.15) is 28.8 Å². The number of anilines is 1. The first-order valence-electron chi connectivity index (χ1n) is 9.13. The second kappa shape index (κ2) is 9.28. The number of ether oxygens (including phenoxy) is 3. The highest BCUT2D eigenvalue weighted by molar-refractivity contribution is 5.99. The molecule has 1 aliphatic rings. The summed E-state index contributed by atoms with van der Waals surface area (Å²) in [6.45, 7) is 1.92. The van der Waals surface area contributed by atoms with Gasteiger partial charge in [-0.25, -0.2) is 0 Å². The smallest absolute Gasteiger partial charge is 0.253 e. The van der Waals surface area contributed by atoms with E-state index >= 15 is 0 Å². The van der Waals surface area contributed by atoms with Crippen molar-refractivity contribution in [1.29, 1.82) is 0 Å². The van der Waals surface area contributed by atoms with Crippen LogP contribution in [0.4, 0.5) is 5.69 Å². The molecule has 0 radical (unpaired) electrons. The van der Waals surface area contributed by atoms with E-state index in [0.717, 1.165) is 37.3 Å². The van der Waals surface area contributed by atoms with Crippen LogP contribution in [0.5, 0.6) is 11.5 Å². The van der Waals surface area contributed by atoms with Crippen LogP contribution in [0, 0.1) is 0 Å². The molecule has 2 N–H and O–H groups in total. The summed E-state index contributed by atoms with van der Waals surface area (Å²) < 4.78 is 16.0. The fraction of sp³-hybridized carbons (Fsp3) is 0.381. The molecule has 0 saturated carbocycles. The number of amides is 1. The Hall–Kier alpha value is -2.73. The molecule has 6 heteroatoms. The lowest BCUT2D eigenvalue weighted by Crippen LogP contribution is -2.30. The van der Waals surface area contributed by atoms with Gasteiger partial charge in [0.25, 0.3) is 5.91 Å². The van der Waals surface area contributed by atoms with Crippen LogP contribution in [0.25, 0.3) is 0 Å². The average Bonchev–Trinajstić information content (AvgIpc) is 2.73. The lowest BCUT2D eigenvalue weighted by atomic mass is 10.1. The summed E-state index contributed by atoms with van der Waals surface area (Å²) in [4.78, 5) is 12.7. The van der Waals surface area contributed by atoms with Crippen molar-refractivity contribution >= 4 is 11.6 Å². The molecular weight excluding hydrogens is 344 g/mol. The number of para-hydroxylation sites is 1. The highest BCUT2D eigenvalue weighted by Crippen LogP contribution is 2.27. The topological polar surface area (TPSA) is 68.8 Å². The molecule has 1 heterocycles. The molecule has 2 aromatic rings. The predicted molar refractivity (Wildman–Crippen MR) is 105 cm³/mol. The van der Waals surface area contributed by atoms with Crippen molar-refractivity contribution in [2.24, 2.45) is 0 Å². The van der Waals surface area contributed by atoms with Crippen molar-refractivity contribution in [3.63, 3.8) is 0 Å². The number of nitrogens with one attached hydrogen (secondary N) is 2. The number of hydrogen-bond acceptors (Lipinski definition) is 5. The summed E-state index contributed by atoms with van der Waals surface area (Å²) in [6, 6.07) is 13.5. The van der Waals surface area contributed by atoms with Gasteiger partial charge >= 0.3 is 0 Å². The molecule has 0 atom stereocenters. The summed E-state index contributed by atoms with van der Waals surface area (Å²) in [5, 5.41) is 6.47. The van der Waals surface area contributed by atoms with Crippen LogP contribution >= 0.6 is 0 Å². The van der Waals surface area contributed by atoms with Gasteiger partial charge in [-0.1, -0.05) is 18.2 Å². The lowest BCUT2D eigenvalue weighted by Gasteiger charge is -2.25. The third-order valence-electron chi connectivity index (χ3n) is 4.65. The van der Waals surface area contributed by atoms with E-state index in [2.05, 4.69) is 10.6 Å².